The minimum Gasteiger partial charge on any atom is -0.480 e. The van der Waals surface area contributed by atoms with Gasteiger partial charge in [-0.15, -0.1) is 0 Å². The van der Waals surface area contributed by atoms with E-state index in [2.05, 4.69) is 5.32 Å². The van der Waals surface area contributed by atoms with E-state index in [0.29, 0.717) is 11.3 Å². The van der Waals surface area contributed by atoms with E-state index in [1.165, 1.54) is 0 Å². The van der Waals surface area contributed by atoms with Gasteiger partial charge in [-0.2, -0.15) is 0 Å². The van der Waals surface area contributed by atoms with Gasteiger partial charge in [-0.1, -0.05) is 12.5 Å². The Morgan fingerprint density at radius 3 is 2.68 bits per heavy atom. The van der Waals surface area contributed by atoms with Crippen LogP contribution < -0.4 is 5.32 Å². The van der Waals surface area contributed by atoms with Gasteiger partial charge in [0.05, 0.1) is 5.56 Å². The van der Waals surface area contributed by atoms with Gasteiger partial charge in [0.2, 0.25) is 0 Å². The zero-order valence-electron chi connectivity index (χ0n) is 10.3. The number of nitrogens with one attached hydrogen (secondary N) is 1. The van der Waals surface area contributed by atoms with Crippen molar-refractivity contribution in [2.45, 2.75) is 31.2 Å². The number of aromatic carboxylic acids is 1. The molecular weight excluding hydrogens is 246 g/mol. The molecule has 19 heavy (non-hydrogen) atoms. The van der Waals surface area contributed by atoms with E-state index >= 15 is 0 Å². The van der Waals surface area contributed by atoms with Crippen LogP contribution >= 0.6 is 0 Å². The Hall–Kier alpha value is -2.04. The molecule has 1 aliphatic carbocycles. The van der Waals surface area contributed by atoms with Crippen molar-refractivity contribution in [3.63, 3.8) is 0 Å². The largest absolute Gasteiger partial charge is 0.480 e. The highest BCUT2D eigenvalue weighted by Gasteiger charge is 2.44. The lowest BCUT2D eigenvalue weighted by Crippen LogP contribution is -2.42. The topological polar surface area (TPSA) is 86.6 Å². The van der Waals surface area contributed by atoms with Crippen LogP contribution in [0, 0.1) is 5.92 Å². The molecule has 3 rings (SSSR count). The van der Waals surface area contributed by atoms with Gasteiger partial charge >= 0.3 is 11.9 Å². The first-order valence-corrected chi connectivity index (χ1v) is 6.45. The van der Waals surface area contributed by atoms with Gasteiger partial charge in [-0.3, -0.25) is 0 Å². The second-order valence-corrected chi connectivity index (χ2v) is 5.23. The predicted octanol–water partition coefficient (Wildman–Crippen LogP) is 2.15. The van der Waals surface area contributed by atoms with Crippen LogP contribution in [0.25, 0.3) is 0 Å². The number of anilines is 1. The van der Waals surface area contributed by atoms with Crippen molar-refractivity contribution in [1.29, 1.82) is 0 Å². The molecule has 3 unspecified atom stereocenters. The summed E-state index contributed by atoms with van der Waals surface area (Å²) in [5, 5.41) is 21.6. The zero-order valence-corrected chi connectivity index (χ0v) is 10.3. The molecule has 1 aromatic rings. The summed E-state index contributed by atoms with van der Waals surface area (Å²) < 4.78 is 0. The molecule has 0 spiro atoms. The van der Waals surface area contributed by atoms with Crippen LogP contribution in [0.15, 0.2) is 18.2 Å². The molecule has 5 nitrogen and oxygen atoms in total. The molecule has 1 fully saturated rings. The lowest BCUT2D eigenvalue weighted by molar-refractivity contribution is -0.139. The van der Waals surface area contributed by atoms with E-state index in [4.69, 9.17) is 0 Å². The van der Waals surface area contributed by atoms with Gasteiger partial charge < -0.3 is 15.5 Å². The molecule has 0 aromatic heterocycles. The number of aliphatic carboxylic acids is 1. The highest BCUT2D eigenvalue weighted by atomic mass is 16.4. The monoisotopic (exact) mass is 261 g/mol. The molecule has 0 radical (unpaired) electrons. The van der Waals surface area contributed by atoms with E-state index in [0.717, 1.165) is 24.8 Å². The fourth-order valence-electron chi connectivity index (χ4n) is 3.54. The summed E-state index contributed by atoms with van der Waals surface area (Å²) in [5.41, 5.74) is 1.75. The smallest absolute Gasteiger partial charge is 0.336 e. The van der Waals surface area contributed by atoms with Crippen LogP contribution in [-0.2, 0) is 4.79 Å². The van der Waals surface area contributed by atoms with Gasteiger partial charge in [0.15, 0.2) is 0 Å². The summed E-state index contributed by atoms with van der Waals surface area (Å²) in [6.45, 7) is 0. The number of hydrogen-bond acceptors (Lipinski definition) is 3. The van der Waals surface area contributed by atoms with E-state index in [1.54, 1.807) is 18.2 Å². The van der Waals surface area contributed by atoms with Crippen LogP contribution in [0.2, 0.25) is 0 Å². The first kappa shape index (κ1) is 12.0. The molecular formula is C14H15NO4. The summed E-state index contributed by atoms with van der Waals surface area (Å²) in [4.78, 5) is 22.7. The summed E-state index contributed by atoms with van der Waals surface area (Å²) in [7, 11) is 0. The summed E-state index contributed by atoms with van der Waals surface area (Å²) in [6.07, 6.45) is 2.66. The molecule has 1 aliphatic heterocycles. The molecule has 0 saturated heterocycles. The van der Waals surface area contributed by atoms with Crippen molar-refractivity contribution >= 4 is 17.6 Å². The van der Waals surface area contributed by atoms with Gasteiger partial charge in [0, 0.05) is 5.69 Å². The molecule has 5 heteroatoms. The van der Waals surface area contributed by atoms with E-state index in [1.807, 2.05) is 0 Å². The molecule has 1 aromatic carbocycles. The molecule has 1 saturated carbocycles. The third kappa shape index (κ3) is 1.77. The maximum atomic E-state index is 11.3. The number of rotatable bonds is 2. The maximum Gasteiger partial charge on any atom is 0.336 e. The van der Waals surface area contributed by atoms with Crippen molar-refractivity contribution in [2.75, 3.05) is 5.32 Å². The number of hydrogen-bond donors (Lipinski definition) is 3. The lowest BCUT2D eigenvalue weighted by Gasteiger charge is -2.35. The van der Waals surface area contributed by atoms with Crippen molar-refractivity contribution in [3.8, 4) is 0 Å². The van der Waals surface area contributed by atoms with Crippen LogP contribution in [0.3, 0.4) is 0 Å². The van der Waals surface area contributed by atoms with Crippen molar-refractivity contribution in [1.82, 2.24) is 0 Å². The number of carboxylic acid groups (broad SMARTS) is 2. The summed E-state index contributed by atoms with van der Waals surface area (Å²) >= 11 is 0. The lowest BCUT2D eigenvalue weighted by atomic mass is 9.78. The SMILES string of the molecule is O=C(O)c1cccc2c1C1CCCC1C(C(=O)O)N2. The van der Waals surface area contributed by atoms with Crippen molar-refractivity contribution in [3.05, 3.63) is 29.3 Å². The van der Waals surface area contributed by atoms with Crippen LogP contribution in [0.5, 0.6) is 0 Å². The van der Waals surface area contributed by atoms with E-state index in [9.17, 15) is 19.8 Å². The molecule has 0 amide bonds. The first-order chi connectivity index (χ1) is 9.09. The van der Waals surface area contributed by atoms with Crippen molar-refractivity contribution in [2.24, 2.45) is 5.92 Å². The maximum absolute atomic E-state index is 11.3. The molecule has 0 bridgehead atoms. The Labute approximate surface area is 110 Å². The minimum absolute atomic E-state index is 0.00880. The van der Waals surface area contributed by atoms with Crippen LogP contribution in [-0.4, -0.2) is 28.2 Å². The Morgan fingerprint density at radius 2 is 2.00 bits per heavy atom. The van der Waals surface area contributed by atoms with Gasteiger partial charge in [-0.05, 0) is 42.4 Å². The van der Waals surface area contributed by atoms with Crippen LogP contribution in [0.1, 0.15) is 41.1 Å². The van der Waals surface area contributed by atoms with Gasteiger partial charge in [0.25, 0.3) is 0 Å². The zero-order chi connectivity index (χ0) is 13.6. The average molecular weight is 261 g/mol. The normalized spacial score (nSPS) is 28.1. The fraction of sp³-hybridized carbons (Fsp3) is 0.429. The van der Waals surface area contributed by atoms with Gasteiger partial charge in [-0.25, -0.2) is 9.59 Å². The molecule has 3 atom stereocenters. The predicted molar refractivity (Wildman–Crippen MR) is 68.5 cm³/mol. The number of fused-ring (bicyclic) bond motifs is 3. The number of carbonyl (C=O) groups is 2. The highest BCUT2D eigenvalue weighted by molar-refractivity contribution is 5.93. The summed E-state index contributed by atoms with van der Waals surface area (Å²) in [5.74, 6) is -1.77. The third-order valence-electron chi connectivity index (χ3n) is 4.28. The van der Waals surface area contributed by atoms with E-state index in [-0.39, 0.29) is 11.8 Å². The highest BCUT2D eigenvalue weighted by Crippen LogP contribution is 2.49. The standard InChI is InChI=1S/C14H15NO4/c16-13(17)9-5-2-6-10-11(9)7-3-1-4-8(7)12(15-10)14(18)19/h2,5-8,12,15H,1,3-4H2,(H,16,17)(H,18,19). The molecule has 2 aliphatic rings. The second-order valence-electron chi connectivity index (χ2n) is 5.23. The number of benzene rings is 1. The molecule has 100 valence electrons. The molecule has 3 N–H and O–H groups in total. The quantitative estimate of drug-likeness (QED) is 0.759. The Bertz CT molecular complexity index is 554. The fourth-order valence-corrected chi connectivity index (χ4v) is 3.54. The summed E-state index contributed by atoms with van der Waals surface area (Å²) in [6, 6.07) is 4.42. The molecule has 1 heterocycles. The first-order valence-electron chi connectivity index (χ1n) is 6.45. The average Bonchev–Trinajstić information content (AvgIpc) is 2.85. The minimum atomic E-state index is -0.946. The Kier molecular flexibility index (Phi) is 2.69. The van der Waals surface area contributed by atoms with Gasteiger partial charge in [0.1, 0.15) is 6.04 Å². The second kappa shape index (κ2) is 4.26. The van der Waals surface area contributed by atoms with E-state index < -0.39 is 18.0 Å². The number of carboxylic acids is 2. The van der Waals surface area contributed by atoms with Crippen LogP contribution in [0.4, 0.5) is 5.69 Å². The Balaban J connectivity index is 2.13. The van der Waals surface area contributed by atoms with Crippen molar-refractivity contribution < 1.29 is 19.8 Å². The third-order valence-corrected chi connectivity index (χ3v) is 4.28. The Morgan fingerprint density at radius 1 is 1.21 bits per heavy atom.